The van der Waals surface area contributed by atoms with Crippen molar-refractivity contribution >= 4 is 6.08 Å². The van der Waals surface area contributed by atoms with Crippen molar-refractivity contribution in [3.63, 3.8) is 0 Å². The third-order valence-electron chi connectivity index (χ3n) is 4.95. The number of aliphatic hydroxyl groups is 3. The fraction of sp³-hybridized carbons (Fsp3) is 0.300. The van der Waals surface area contributed by atoms with Crippen molar-refractivity contribution in [3.8, 4) is 28.7 Å². The Morgan fingerprint density at radius 3 is 2.33 bits per heavy atom. The van der Waals surface area contributed by atoms with Gasteiger partial charge in [-0.3, -0.25) is 0 Å². The smallest absolute Gasteiger partial charge is 0.228 e. The normalized spacial score (nSPS) is 27.8. The fourth-order valence-corrected chi connectivity index (χ4v) is 3.37. The molecule has 0 amide bonds. The lowest BCUT2D eigenvalue weighted by atomic mass is 10.0. The van der Waals surface area contributed by atoms with Crippen LogP contribution in [0.25, 0.3) is 6.08 Å². The lowest BCUT2D eigenvalue weighted by molar-refractivity contribution is -0.154. The third kappa shape index (κ3) is 3.46. The zero-order valence-corrected chi connectivity index (χ0v) is 15.4. The van der Waals surface area contributed by atoms with Crippen LogP contribution in [-0.2, 0) is 9.47 Å². The molecule has 0 aliphatic carbocycles. The number of benzene rings is 2. The van der Waals surface area contributed by atoms with Gasteiger partial charge in [-0.1, -0.05) is 6.07 Å². The minimum absolute atomic E-state index is 0.0448. The number of hydrogen-bond acceptors (Lipinski definition) is 10. The Bertz CT molecular complexity index is 988. The maximum Gasteiger partial charge on any atom is 0.228 e. The van der Waals surface area contributed by atoms with Crippen LogP contribution in [0.2, 0.25) is 0 Å². The van der Waals surface area contributed by atoms with E-state index in [4.69, 9.17) is 14.2 Å². The average molecular weight is 420 g/mol. The van der Waals surface area contributed by atoms with Crippen molar-refractivity contribution in [2.24, 2.45) is 0 Å². The minimum Gasteiger partial charge on any atom is -0.508 e. The number of fused-ring (bicyclic) bond motifs is 1. The highest BCUT2D eigenvalue weighted by Crippen LogP contribution is 2.45. The second-order valence-corrected chi connectivity index (χ2v) is 6.99. The largest absolute Gasteiger partial charge is 0.508 e. The van der Waals surface area contributed by atoms with E-state index in [0.717, 1.165) is 6.07 Å². The van der Waals surface area contributed by atoms with Gasteiger partial charge in [0.15, 0.2) is 17.6 Å². The molecule has 7 N–H and O–H groups in total. The molecule has 160 valence electrons. The molecule has 2 aromatic rings. The van der Waals surface area contributed by atoms with Gasteiger partial charge in [-0.2, -0.15) is 0 Å². The molecule has 0 bridgehead atoms. The Balaban J connectivity index is 1.74. The van der Waals surface area contributed by atoms with Crippen LogP contribution in [0.3, 0.4) is 0 Å². The summed E-state index contributed by atoms with van der Waals surface area (Å²) >= 11 is 0. The first kappa shape index (κ1) is 20.1. The Morgan fingerprint density at radius 1 is 0.900 bits per heavy atom. The summed E-state index contributed by atoms with van der Waals surface area (Å²) in [6.45, 7) is -0.536. The summed E-state index contributed by atoms with van der Waals surface area (Å²) in [5, 5.41) is 68.7. The van der Waals surface area contributed by atoms with Crippen LogP contribution in [0.15, 0.2) is 36.1 Å². The van der Waals surface area contributed by atoms with Gasteiger partial charge in [0.05, 0.1) is 12.2 Å². The molecule has 10 nitrogen and oxygen atoms in total. The molecule has 30 heavy (non-hydrogen) atoms. The Kier molecular flexibility index (Phi) is 5.08. The quantitative estimate of drug-likeness (QED) is 0.345. The number of phenols is 4. The van der Waals surface area contributed by atoms with Crippen LogP contribution in [-0.4, -0.2) is 67.0 Å². The molecular formula is C20H20O10. The van der Waals surface area contributed by atoms with Gasteiger partial charge < -0.3 is 50.0 Å². The molecule has 5 atom stereocenters. The summed E-state index contributed by atoms with van der Waals surface area (Å²) in [6, 6.07) is 6.33. The monoisotopic (exact) mass is 420 g/mol. The Morgan fingerprint density at radius 2 is 1.67 bits per heavy atom. The number of ether oxygens (including phenoxy) is 3. The second-order valence-electron chi connectivity index (χ2n) is 6.99. The van der Waals surface area contributed by atoms with Crippen LogP contribution in [0.1, 0.15) is 17.2 Å². The highest BCUT2D eigenvalue weighted by molar-refractivity contribution is 5.69. The maximum atomic E-state index is 10.2. The predicted octanol–water partition coefficient (Wildman–Crippen LogP) is 0.439. The van der Waals surface area contributed by atoms with Gasteiger partial charge in [-0.15, -0.1) is 0 Å². The van der Waals surface area contributed by atoms with Crippen LogP contribution in [0.5, 0.6) is 28.7 Å². The van der Waals surface area contributed by atoms with E-state index in [1.165, 1.54) is 30.3 Å². The van der Waals surface area contributed by atoms with Gasteiger partial charge in [0.25, 0.3) is 0 Å². The molecule has 1 unspecified atom stereocenters. The molecule has 2 aliphatic heterocycles. The number of aliphatic hydroxyl groups excluding tert-OH is 3. The van der Waals surface area contributed by atoms with Crippen LogP contribution < -0.4 is 4.74 Å². The number of rotatable bonds is 4. The van der Waals surface area contributed by atoms with E-state index in [0.29, 0.717) is 5.56 Å². The van der Waals surface area contributed by atoms with Crippen molar-refractivity contribution in [3.05, 3.63) is 47.2 Å². The Hall–Kier alpha value is -3.18. The van der Waals surface area contributed by atoms with Crippen LogP contribution in [0.4, 0.5) is 0 Å². The van der Waals surface area contributed by atoms with E-state index < -0.39 is 43.1 Å². The molecule has 1 saturated heterocycles. The molecule has 1 fully saturated rings. The fourth-order valence-electron chi connectivity index (χ4n) is 3.37. The van der Waals surface area contributed by atoms with Gasteiger partial charge in [0.2, 0.25) is 6.29 Å². The SMILES string of the molecule is OC[C@@H]1O[C@H](OC2=Cc3c(O)cc(O)cc3OC2c2ccc(O)c(O)c2)[C@H](O)[C@H]1O. The van der Waals surface area contributed by atoms with Crippen molar-refractivity contribution in [1.82, 2.24) is 0 Å². The molecule has 2 heterocycles. The molecule has 10 heteroatoms. The summed E-state index contributed by atoms with van der Waals surface area (Å²) in [4.78, 5) is 0. The topological polar surface area (TPSA) is 169 Å². The van der Waals surface area contributed by atoms with Crippen molar-refractivity contribution in [1.29, 1.82) is 0 Å². The minimum atomic E-state index is -1.47. The maximum absolute atomic E-state index is 10.2. The number of aromatic hydroxyl groups is 4. The van der Waals surface area contributed by atoms with Crippen LogP contribution >= 0.6 is 0 Å². The summed E-state index contributed by atoms with van der Waals surface area (Å²) < 4.78 is 16.9. The first-order valence-corrected chi connectivity index (χ1v) is 9.03. The highest BCUT2D eigenvalue weighted by Gasteiger charge is 2.45. The first-order valence-electron chi connectivity index (χ1n) is 9.03. The van der Waals surface area contributed by atoms with E-state index in [-0.39, 0.29) is 34.3 Å². The lowest BCUT2D eigenvalue weighted by Crippen LogP contribution is -2.35. The summed E-state index contributed by atoms with van der Waals surface area (Å²) in [5.41, 5.74) is 0.533. The molecule has 2 aliphatic rings. The van der Waals surface area contributed by atoms with E-state index >= 15 is 0 Å². The molecule has 4 rings (SSSR count). The molecule has 0 spiro atoms. The van der Waals surface area contributed by atoms with Crippen molar-refractivity contribution in [2.75, 3.05) is 6.61 Å². The summed E-state index contributed by atoms with van der Waals surface area (Å²) in [7, 11) is 0. The molecule has 2 aromatic carbocycles. The summed E-state index contributed by atoms with van der Waals surface area (Å²) in [5.74, 6) is -1.12. The van der Waals surface area contributed by atoms with E-state index in [1.807, 2.05) is 0 Å². The third-order valence-corrected chi connectivity index (χ3v) is 4.95. The number of phenolic OH excluding ortho intramolecular Hbond substituents is 4. The molecule has 0 aromatic heterocycles. The van der Waals surface area contributed by atoms with Gasteiger partial charge >= 0.3 is 0 Å². The molecule has 0 radical (unpaired) electrons. The van der Waals surface area contributed by atoms with E-state index in [2.05, 4.69) is 0 Å². The standard InChI is InChI=1S/C20H20O10/c21-7-16-17(26)18(27)20(30-16)29-15-6-10-12(24)4-9(22)5-14(10)28-19(15)8-1-2-11(23)13(25)3-8/h1-6,16-27H,7H2/t16-,17-,18+,19?,20-/m0/s1. The van der Waals surface area contributed by atoms with Crippen molar-refractivity contribution < 1.29 is 50.0 Å². The zero-order chi connectivity index (χ0) is 21.6. The first-order chi connectivity index (χ1) is 14.3. The highest BCUT2D eigenvalue weighted by atomic mass is 16.7. The predicted molar refractivity (Wildman–Crippen MR) is 99.7 cm³/mol. The number of hydrogen-bond donors (Lipinski definition) is 7. The second kappa shape index (κ2) is 7.58. The van der Waals surface area contributed by atoms with Gasteiger partial charge in [0.1, 0.15) is 41.3 Å². The average Bonchev–Trinajstić information content (AvgIpc) is 2.98. The molecule has 0 saturated carbocycles. The van der Waals surface area contributed by atoms with Gasteiger partial charge in [-0.05, 0) is 18.2 Å². The molecular weight excluding hydrogens is 400 g/mol. The Labute approximate surface area is 170 Å². The van der Waals surface area contributed by atoms with Gasteiger partial charge in [-0.25, -0.2) is 0 Å². The lowest BCUT2D eigenvalue weighted by Gasteiger charge is -2.30. The van der Waals surface area contributed by atoms with Crippen LogP contribution in [0, 0.1) is 0 Å². The summed E-state index contributed by atoms with van der Waals surface area (Å²) in [6.07, 6.45) is -4.86. The van der Waals surface area contributed by atoms with Crippen molar-refractivity contribution in [2.45, 2.75) is 30.7 Å². The zero-order valence-electron chi connectivity index (χ0n) is 15.4. The van der Waals surface area contributed by atoms with E-state index in [9.17, 15) is 35.7 Å². The van der Waals surface area contributed by atoms with E-state index in [1.54, 1.807) is 0 Å². The van der Waals surface area contributed by atoms with Gasteiger partial charge in [0, 0.05) is 17.7 Å².